The van der Waals surface area contributed by atoms with Crippen LogP contribution in [0.15, 0.2) is 24.3 Å². The van der Waals surface area contributed by atoms with Crippen molar-refractivity contribution in [1.29, 1.82) is 0 Å². The Kier molecular flexibility index (Phi) is 8.60. The molecule has 0 saturated heterocycles. The van der Waals surface area contributed by atoms with E-state index in [-0.39, 0.29) is 11.5 Å². The minimum absolute atomic E-state index is 0.165. The largest absolute Gasteiger partial charge is 0.481 e. The average molecular weight is 314 g/mol. The number of nitrogens with one attached hydrogen (secondary N) is 1. The molecule has 1 aromatic rings. The third-order valence-electron chi connectivity index (χ3n) is 2.60. The minimum atomic E-state index is -0.741. The zero-order valence-corrected chi connectivity index (χ0v) is 14.7. The summed E-state index contributed by atoms with van der Waals surface area (Å²) in [5.41, 5.74) is 1.45. The lowest BCUT2D eigenvalue weighted by Crippen LogP contribution is -2.43. The lowest BCUT2D eigenvalue weighted by Gasteiger charge is -2.26. The second-order valence-corrected chi connectivity index (χ2v) is 7.06. The Morgan fingerprint density at radius 2 is 1.81 bits per heavy atom. The maximum Gasteiger partial charge on any atom is 0.305 e. The first kappa shape index (κ1) is 19.9. The smallest absolute Gasteiger partial charge is 0.305 e. The van der Waals surface area contributed by atoms with E-state index in [0.29, 0.717) is 6.04 Å². The molecule has 1 rings (SSSR count). The highest BCUT2D eigenvalue weighted by atomic mass is 35.5. The molecule has 0 heterocycles. The number of hydrogen-bond donors (Lipinski definition) is 2. The fourth-order valence-electron chi connectivity index (χ4n) is 1.81. The molecule has 0 fully saturated rings. The first-order valence-electron chi connectivity index (χ1n) is 7.26. The van der Waals surface area contributed by atoms with Crippen LogP contribution in [0.5, 0.6) is 0 Å². The number of hydrogen-bond acceptors (Lipinski definition) is 2. The van der Waals surface area contributed by atoms with Gasteiger partial charge in [-0.25, -0.2) is 0 Å². The van der Waals surface area contributed by atoms with Crippen LogP contribution in [0, 0.1) is 5.92 Å². The normalized spacial score (nSPS) is 12.6. The number of carbonyl (C=O) groups is 1. The average Bonchev–Trinajstić information content (AvgIpc) is 2.26. The Balaban J connectivity index is 0.000000567. The number of aliphatic carboxylic acids is 1. The molecule has 21 heavy (non-hydrogen) atoms. The van der Waals surface area contributed by atoms with Crippen LogP contribution in [-0.2, 0) is 11.2 Å². The van der Waals surface area contributed by atoms with Crippen molar-refractivity contribution < 1.29 is 9.90 Å². The van der Waals surface area contributed by atoms with Crippen LogP contribution in [0.4, 0.5) is 0 Å². The third-order valence-corrected chi connectivity index (χ3v) is 2.84. The quantitative estimate of drug-likeness (QED) is 0.867. The molecule has 2 N–H and O–H groups in total. The highest BCUT2D eigenvalue weighted by molar-refractivity contribution is 6.30. The molecule has 1 unspecified atom stereocenters. The summed E-state index contributed by atoms with van der Waals surface area (Å²) in [5, 5.41) is 12.3. The summed E-state index contributed by atoms with van der Waals surface area (Å²) in [7, 11) is 0. The topological polar surface area (TPSA) is 49.3 Å². The predicted octanol–water partition coefficient (Wildman–Crippen LogP) is 4.39. The number of carboxylic acid groups (broad SMARTS) is 1. The second-order valence-electron chi connectivity index (χ2n) is 6.62. The van der Waals surface area contributed by atoms with Gasteiger partial charge in [0, 0.05) is 16.6 Å². The van der Waals surface area contributed by atoms with E-state index < -0.39 is 5.97 Å². The zero-order chi connectivity index (χ0) is 16.6. The second kappa shape index (κ2) is 9.06. The molecule has 0 amide bonds. The van der Waals surface area contributed by atoms with E-state index in [0.717, 1.165) is 11.4 Å². The minimum Gasteiger partial charge on any atom is -0.481 e. The molecule has 0 bridgehead atoms. The van der Waals surface area contributed by atoms with Crippen molar-refractivity contribution in [2.24, 2.45) is 5.92 Å². The molecule has 0 radical (unpaired) electrons. The monoisotopic (exact) mass is 313 g/mol. The summed E-state index contributed by atoms with van der Waals surface area (Å²) in [4.78, 5) is 9.70. The van der Waals surface area contributed by atoms with Gasteiger partial charge in [-0.3, -0.25) is 4.79 Å². The van der Waals surface area contributed by atoms with Gasteiger partial charge in [-0.2, -0.15) is 0 Å². The van der Waals surface area contributed by atoms with Crippen molar-refractivity contribution in [1.82, 2.24) is 5.32 Å². The van der Waals surface area contributed by atoms with Crippen molar-refractivity contribution in [2.75, 3.05) is 0 Å². The van der Waals surface area contributed by atoms with E-state index in [2.05, 4.69) is 39.1 Å². The van der Waals surface area contributed by atoms with E-state index in [1.54, 1.807) is 13.8 Å². The Bertz CT molecular complexity index is 439. The van der Waals surface area contributed by atoms with E-state index in [1.807, 2.05) is 18.2 Å². The number of rotatable bonds is 4. The summed E-state index contributed by atoms with van der Waals surface area (Å²) < 4.78 is 0. The highest BCUT2D eigenvalue weighted by Gasteiger charge is 2.13. The van der Waals surface area contributed by atoms with Crippen LogP contribution < -0.4 is 5.32 Å². The van der Waals surface area contributed by atoms with Gasteiger partial charge in [0.1, 0.15) is 0 Å². The van der Waals surface area contributed by atoms with Gasteiger partial charge in [0.2, 0.25) is 0 Å². The Morgan fingerprint density at radius 1 is 1.29 bits per heavy atom. The van der Waals surface area contributed by atoms with E-state index in [1.165, 1.54) is 5.56 Å². The first-order chi connectivity index (χ1) is 9.51. The van der Waals surface area contributed by atoms with Crippen LogP contribution in [0.3, 0.4) is 0 Å². The molecule has 1 aromatic carbocycles. The molecule has 0 aliphatic rings. The molecule has 0 spiro atoms. The van der Waals surface area contributed by atoms with Gasteiger partial charge in [-0.1, -0.05) is 37.6 Å². The summed E-state index contributed by atoms with van der Waals surface area (Å²) in [5.74, 6) is -0.972. The molecular formula is C17H28ClNO2. The maximum atomic E-state index is 9.70. The Labute approximate surface area is 133 Å². The maximum absolute atomic E-state index is 9.70. The van der Waals surface area contributed by atoms with Gasteiger partial charge in [0.05, 0.1) is 5.92 Å². The highest BCUT2D eigenvalue weighted by Crippen LogP contribution is 2.13. The summed E-state index contributed by atoms with van der Waals surface area (Å²) in [6, 6.07) is 8.52. The van der Waals surface area contributed by atoms with Crippen molar-refractivity contribution in [3.63, 3.8) is 0 Å². The van der Waals surface area contributed by atoms with E-state index in [9.17, 15) is 4.79 Å². The van der Waals surface area contributed by atoms with Crippen LogP contribution >= 0.6 is 11.6 Å². The molecule has 1 atom stereocenters. The van der Waals surface area contributed by atoms with Crippen LogP contribution in [-0.4, -0.2) is 22.7 Å². The van der Waals surface area contributed by atoms with E-state index >= 15 is 0 Å². The first-order valence-corrected chi connectivity index (χ1v) is 7.64. The fourth-order valence-corrected chi connectivity index (χ4v) is 2.02. The molecule has 0 saturated carbocycles. The number of halogens is 1. The van der Waals surface area contributed by atoms with Gasteiger partial charge >= 0.3 is 5.97 Å². The van der Waals surface area contributed by atoms with Gasteiger partial charge < -0.3 is 10.4 Å². The molecule has 4 heteroatoms. The third kappa shape index (κ3) is 11.3. The van der Waals surface area contributed by atoms with Crippen molar-refractivity contribution in [3.8, 4) is 0 Å². The molecular weight excluding hydrogens is 286 g/mol. The fraction of sp³-hybridized carbons (Fsp3) is 0.588. The SMILES string of the molecule is CC(C)C(=O)O.CC(Cc1cccc(Cl)c1)NC(C)(C)C. The molecule has 0 aliphatic heterocycles. The molecule has 3 nitrogen and oxygen atoms in total. The number of carboxylic acids is 1. The Hall–Kier alpha value is -1.06. The van der Waals surface area contributed by atoms with Crippen LogP contribution in [0.25, 0.3) is 0 Å². The molecule has 120 valence electrons. The van der Waals surface area contributed by atoms with Gasteiger partial charge in [0.15, 0.2) is 0 Å². The lowest BCUT2D eigenvalue weighted by atomic mass is 10.0. The standard InChI is InChI=1S/C13H20ClN.C4H8O2/c1-10(15-13(2,3)4)8-11-6-5-7-12(14)9-11;1-3(2)4(5)6/h5-7,9-10,15H,8H2,1-4H3;3H,1-2H3,(H,5,6). The van der Waals surface area contributed by atoms with Gasteiger partial charge in [0.25, 0.3) is 0 Å². The van der Waals surface area contributed by atoms with Crippen molar-refractivity contribution >= 4 is 17.6 Å². The predicted molar refractivity (Wildman–Crippen MR) is 90.0 cm³/mol. The zero-order valence-electron chi connectivity index (χ0n) is 13.9. The summed E-state index contributed by atoms with van der Waals surface area (Å²) in [6.07, 6.45) is 1.01. The lowest BCUT2D eigenvalue weighted by molar-refractivity contribution is -0.140. The van der Waals surface area contributed by atoms with Gasteiger partial charge in [-0.15, -0.1) is 0 Å². The molecule has 0 aromatic heterocycles. The summed E-state index contributed by atoms with van der Waals surface area (Å²) in [6.45, 7) is 12.0. The van der Waals surface area contributed by atoms with Crippen LogP contribution in [0.1, 0.15) is 47.1 Å². The summed E-state index contributed by atoms with van der Waals surface area (Å²) >= 11 is 5.94. The Morgan fingerprint density at radius 3 is 2.19 bits per heavy atom. The molecule has 0 aliphatic carbocycles. The van der Waals surface area contributed by atoms with Crippen molar-refractivity contribution in [2.45, 2.75) is 59.5 Å². The number of benzene rings is 1. The van der Waals surface area contributed by atoms with Crippen molar-refractivity contribution in [3.05, 3.63) is 34.9 Å². The van der Waals surface area contributed by atoms with Crippen LogP contribution in [0.2, 0.25) is 5.02 Å². The van der Waals surface area contributed by atoms with Gasteiger partial charge in [-0.05, 0) is 51.8 Å². The van der Waals surface area contributed by atoms with E-state index in [4.69, 9.17) is 16.7 Å².